The number of benzene rings is 4. The van der Waals surface area contributed by atoms with Crippen molar-refractivity contribution in [3.63, 3.8) is 0 Å². The zero-order valence-corrected chi connectivity index (χ0v) is 23.2. The zero-order chi connectivity index (χ0) is 29.3. The van der Waals surface area contributed by atoms with E-state index in [1.54, 1.807) is 29.0 Å². The lowest BCUT2D eigenvalue weighted by molar-refractivity contribution is -0.142. The first-order valence-electron chi connectivity index (χ1n) is 13.2. The van der Waals surface area contributed by atoms with E-state index in [0.29, 0.717) is 28.4 Å². The predicted octanol–water partition coefficient (Wildman–Crippen LogP) is 6.42. The number of hydrogen-bond acceptors (Lipinski definition) is 6. The number of hydrogen-bond donors (Lipinski definition) is 1. The van der Waals surface area contributed by atoms with Crippen molar-refractivity contribution in [3.05, 3.63) is 121 Å². The number of methoxy groups -OCH3 is 2. The normalized spacial score (nSPS) is 10.8. The molecule has 42 heavy (non-hydrogen) atoms. The highest BCUT2D eigenvalue weighted by molar-refractivity contribution is 5.96. The minimum Gasteiger partial charge on any atom is -0.497 e. The fourth-order valence-electron chi connectivity index (χ4n) is 4.34. The molecule has 0 saturated carbocycles. The van der Waals surface area contributed by atoms with E-state index in [1.807, 2.05) is 79.0 Å². The number of amides is 1. The Labute approximate surface area is 243 Å². The summed E-state index contributed by atoms with van der Waals surface area (Å²) in [6.45, 7) is -0.472. The van der Waals surface area contributed by atoms with Gasteiger partial charge in [-0.15, -0.1) is 0 Å². The molecule has 1 amide bonds. The Morgan fingerprint density at radius 3 is 2.17 bits per heavy atom. The number of carbonyl (C=O) groups is 2. The number of anilines is 1. The van der Waals surface area contributed by atoms with E-state index in [4.69, 9.17) is 19.3 Å². The first-order valence-corrected chi connectivity index (χ1v) is 13.2. The number of esters is 1. The third kappa shape index (κ3) is 6.74. The molecular weight excluding hydrogens is 530 g/mol. The van der Waals surface area contributed by atoms with Crippen LogP contribution in [0.25, 0.3) is 34.1 Å². The van der Waals surface area contributed by atoms with Crippen LogP contribution in [0.1, 0.15) is 5.56 Å². The van der Waals surface area contributed by atoms with E-state index in [1.165, 1.54) is 20.3 Å². The van der Waals surface area contributed by atoms with E-state index in [2.05, 4.69) is 17.4 Å². The number of carbonyl (C=O) groups excluding carboxylic acids is 2. The lowest BCUT2D eigenvalue weighted by Crippen LogP contribution is -2.20. The van der Waals surface area contributed by atoms with Crippen molar-refractivity contribution in [2.45, 2.75) is 0 Å². The van der Waals surface area contributed by atoms with Crippen molar-refractivity contribution >= 4 is 23.6 Å². The van der Waals surface area contributed by atoms with Gasteiger partial charge < -0.3 is 19.5 Å². The monoisotopic (exact) mass is 559 g/mol. The van der Waals surface area contributed by atoms with Gasteiger partial charge in [-0.2, -0.15) is 5.10 Å². The van der Waals surface area contributed by atoms with Crippen molar-refractivity contribution in [3.8, 4) is 39.6 Å². The number of nitrogens with zero attached hydrogens (tertiary/aromatic N) is 2. The summed E-state index contributed by atoms with van der Waals surface area (Å²) in [5.41, 5.74) is 5.81. The van der Waals surface area contributed by atoms with Crippen LogP contribution in [0.2, 0.25) is 0 Å². The molecule has 0 atom stereocenters. The van der Waals surface area contributed by atoms with Crippen LogP contribution in [0, 0.1) is 0 Å². The van der Waals surface area contributed by atoms with Crippen molar-refractivity contribution in [1.82, 2.24) is 9.78 Å². The van der Waals surface area contributed by atoms with Gasteiger partial charge in [0, 0.05) is 29.5 Å². The number of ether oxygens (including phenoxy) is 3. The Morgan fingerprint density at radius 1 is 0.810 bits per heavy atom. The molecule has 1 aromatic heterocycles. The van der Waals surface area contributed by atoms with Crippen LogP contribution < -0.4 is 14.8 Å². The first kappa shape index (κ1) is 27.9. The third-order valence-electron chi connectivity index (χ3n) is 6.45. The van der Waals surface area contributed by atoms with Gasteiger partial charge >= 0.3 is 5.97 Å². The topological polar surface area (TPSA) is 91.7 Å². The Morgan fingerprint density at radius 2 is 1.48 bits per heavy atom. The van der Waals surface area contributed by atoms with E-state index in [0.717, 1.165) is 22.4 Å². The summed E-state index contributed by atoms with van der Waals surface area (Å²) in [4.78, 5) is 25.0. The molecule has 8 heteroatoms. The maximum Gasteiger partial charge on any atom is 0.331 e. The standard InChI is InChI=1S/C34H29N3O5/c1-40-29-18-19-31(41-2)30(21-29)35-32(38)23-42-33(39)20-17-27-22-37(28-11-7-4-8-12-28)36-34(27)26-15-13-25(14-16-26)24-9-5-3-6-10-24/h3-22H,23H2,1-2H3,(H,35,38)/b20-17+. The predicted molar refractivity (Wildman–Crippen MR) is 163 cm³/mol. The van der Waals surface area contributed by atoms with E-state index in [-0.39, 0.29) is 0 Å². The molecule has 0 bridgehead atoms. The van der Waals surface area contributed by atoms with Gasteiger partial charge in [0.2, 0.25) is 0 Å². The highest BCUT2D eigenvalue weighted by atomic mass is 16.5. The summed E-state index contributed by atoms with van der Waals surface area (Å²) in [6.07, 6.45) is 4.77. The molecule has 0 spiro atoms. The molecule has 5 aromatic rings. The fourth-order valence-corrected chi connectivity index (χ4v) is 4.34. The minimum atomic E-state index is -0.666. The minimum absolute atomic E-state index is 0.407. The maximum atomic E-state index is 12.6. The molecule has 1 N–H and O–H groups in total. The number of para-hydroxylation sites is 1. The van der Waals surface area contributed by atoms with Gasteiger partial charge in [0.1, 0.15) is 11.5 Å². The Balaban J connectivity index is 1.31. The Kier molecular flexibility index (Phi) is 8.74. The molecule has 0 saturated heterocycles. The molecular formula is C34H29N3O5. The summed E-state index contributed by atoms with van der Waals surface area (Å²) in [5.74, 6) is -0.178. The van der Waals surface area contributed by atoms with Crippen LogP contribution in [0.4, 0.5) is 5.69 Å². The Hall–Kier alpha value is -5.63. The number of rotatable bonds is 10. The summed E-state index contributed by atoms with van der Waals surface area (Å²) in [6, 6.07) is 32.9. The lowest BCUT2D eigenvalue weighted by atomic mass is 10.0. The molecule has 210 valence electrons. The first-order chi connectivity index (χ1) is 20.5. The van der Waals surface area contributed by atoms with Gasteiger partial charge in [-0.05, 0) is 41.5 Å². The van der Waals surface area contributed by atoms with Crippen molar-refractivity contribution in [1.29, 1.82) is 0 Å². The van der Waals surface area contributed by atoms with Crippen LogP contribution in [0.3, 0.4) is 0 Å². The smallest absolute Gasteiger partial charge is 0.331 e. The summed E-state index contributed by atoms with van der Waals surface area (Å²) in [5, 5.41) is 7.48. The molecule has 5 rings (SSSR count). The maximum absolute atomic E-state index is 12.6. The molecule has 0 aliphatic carbocycles. The van der Waals surface area contributed by atoms with Crippen LogP contribution >= 0.6 is 0 Å². The molecule has 0 aliphatic rings. The van der Waals surface area contributed by atoms with E-state index >= 15 is 0 Å². The highest BCUT2D eigenvalue weighted by Crippen LogP contribution is 2.29. The molecule has 8 nitrogen and oxygen atoms in total. The number of nitrogens with one attached hydrogen (secondary N) is 1. The van der Waals surface area contributed by atoms with Gasteiger partial charge in [0.25, 0.3) is 5.91 Å². The summed E-state index contributed by atoms with van der Waals surface area (Å²) in [7, 11) is 3.02. The zero-order valence-electron chi connectivity index (χ0n) is 23.2. The van der Waals surface area contributed by atoms with Gasteiger partial charge in [-0.3, -0.25) is 4.79 Å². The van der Waals surface area contributed by atoms with Gasteiger partial charge in [0.05, 0.1) is 31.3 Å². The fraction of sp³-hybridized carbons (Fsp3) is 0.0882. The van der Waals surface area contributed by atoms with Crippen LogP contribution in [-0.2, 0) is 14.3 Å². The van der Waals surface area contributed by atoms with Crippen LogP contribution in [0.15, 0.2) is 115 Å². The second-order valence-corrected chi connectivity index (χ2v) is 9.21. The van der Waals surface area contributed by atoms with Crippen molar-refractivity contribution in [2.75, 3.05) is 26.1 Å². The van der Waals surface area contributed by atoms with Crippen molar-refractivity contribution in [2.24, 2.45) is 0 Å². The average molecular weight is 560 g/mol. The van der Waals surface area contributed by atoms with Crippen molar-refractivity contribution < 1.29 is 23.8 Å². The summed E-state index contributed by atoms with van der Waals surface area (Å²) >= 11 is 0. The highest BCUT2D eigenvalue weighted by Gasteiger charge is 2.13. The van der Waals surface area contributed by atoms with Gasteiger partial charge in [-0.1, -0.05) is 72.8 Å². The van der Waals surface area contributed by atoms with E-state index < -0.39 is 18.5 Å². The molecule has 0 aliphatic heterocycles. The third-order valence-corrected chi connectivity index (χ3v) is 6.45. The van der Waals surface area contributed by atoms with E-state index in [9.17, 15) is 9.59 Å². The van der Waals surface area contributed by atoms with Crippen LogP contribution in [-0.4, -0.2) is 42.5 Å². The lowest BCUT2D eigenvalue weighted by Gasteiger charge is -2.11. The Bertz CT molecular complexity index is 1700. The van der Waals surface area contributed by atoms with Gasteiger partial charge in [-0.25, -0.2) is 9.48 Å². The SMILES string of the molecule is COc1ccc(OC)c(NC(=O)COC(=O)/C=C/c2cn(-c3ccccc3)nc2-c2ccc(-c3ccccc3)cc2)c1. The summed E-state index contributed by atoms with van der Waals surface area (Å²) < 4.78 is 17.4. The molecule has 1 heterocycles. The number of aromatic nitrogens is 2. The van der Waals surface area contributed by atoms with Crippen LogP contribution in [0.5, 0.6) is 11.5 Å². The second kappa shape index (κ2) is 13.1. The molecule has 4 aromatic carbocycles. The second-order valence-electron chi connectivity index (χ2n) is 9.21. The molecule has 0 unspecified atom stereocenters. The largest absolute Gasteiger partial charge is 0.497 e. The molecule has 0 radical (unpaired) electrons. The van der Waals surface area contributed by atoms with Gasteiger partial charge in [0.15, 0.2) is 6.61 Å². The average Bonchev–Trinajstić information content (AvgIpc) is 3.48. The molecule has 0 fully saturated rings. The quantitative estimate of drug-likeness (QED) is 0.157.